The molecule has 18 heavy (non-hydrogen) atoms. The van der Waals surface area contributed by atoms with E-state index < -0.39 is 0 Å². The average molecular weight is 262 g/mol. The van der Waals surface area contributed by atoms with Crippen molar-refractivity contribution in [3.63, 3.8) is 0 Å². The van der Waals surface area contributed by atoms with Crippen molar-refractivity contribution < 1.29 is 0 Å². The predicted molar refractivity (Wildman–Crippen MR) is 76.3 cm³/mol. The lowest BCUT2D eigenvalue weighted by molar-refractivity contribution is 0.479. The quantitative estimate of drug-likeness (QED) is 0.816. The van der Waals surface area contributed by atoms with E-state index in [9.17, 15) is 0 Å². The number of nitrogens with one attached hydrogen (secondary N) is 2. The second-order valence-electron chi connectivity index (χ2n) is 4.68. The van der Waals surface area contributed by atoms with Gasteiger partial charge in [-0.1, -0.05) is 29.8 Å². The van der Waals surface area contributed by atoms with Crippen molar-refractivity contribution in [2.24, 2.45) is 0 Å². The van der Waals surface area contributed by atoms with E-state index in [0.717, 1.165) is 42.5 Å². The molecule has 1 aromatic heterocycles. The number of pyridine rings is 1. The third-order valence-corrected chi connectivity index (χ3v) is 3.58. The largest absolute Gasteiger partial charge is 0.382 e. The Morgan fingerprint density at radius 3 is 2.83 bits per heavy atom. The summed E-state index contributed by atoms with van der Waals surface area (Å²) in [7, 11) is 0. The Labute approximate surface area is 112 Å². The molecule has 0 radical (unpaired) electrons. The molecule has 1 saturated heterocycles. The van der Waals surface area contributed by atoms with Crippen LogP contribution < -0.4 is 10.6 Å². The van der Waals surface area contributed by atoms with E-state index in [1.54, 1.807) is 0 Å². The molecule has 3 nitrogen and oxygen atoms in total. The standard InChI is InChI=1S/C14H16ClN3/c15-14-9-13(17-10-5-7-16-8-6-10)11-3-1-2-4-12(11)18-14/h1-4,9-10,16H,5-8H2,(H,17,18). The number of benzene rings is 1. The molecule has 2 N–H and O–H groups in total. The molecular formula is C14H16ClN3. The lowest BCUT2D eigenvalue weighted by Crippen LogP contribution is -2.35. The van der Waals surface area contributed by atoms with Gasteiger partial charge < -0.3 is 10.6 Å². The van der Waals surface area contributed by atoms with Gasteiger partial charge in [0.2, 0.25) is 0 Å². The first kappa shape index (κ1) is 11.8. The molecule has 0 saturated carbocycles. The molecular weight excluding hydrogens is 246 g/mol. The second kappa shape index (κ2) is 5.12. The van der Waals surface area contributed by atoms with Crippen molar-refractivity contribution in [3.8, 4) is 0 Å². The molecule has 94 valence electrons. The maximum Gasteiger partial charge on any atom is 0.131 e. The van der Waals surface area contributed by atoms with E-state index in [0.29, 0.717) is 11.2 Å². The molecule has 0 spiro atoms. The Morgan fingerprint density at radius 2 is 2.00 bits per heavy atom. The van der Waals surface area contributed by atoms with Crippen molar-refractivity contribution in [1.29, 1.82) is 0 Å². The fourth-order valence-electron chi connectivity index (χ4n) is 2.45. The van der Waals surface area contributed by atoms with E-state index >= 15 is 0 Å². The highest BCUT2D eigenvalue weighted by molar-refractivity contribution is 6.30. The third-order valence-electron chi connectivity index (χ3n) is 3.38. The number of piperidine rings is 1. The van der Waals surface area contributed by atoms with Gasteiger partial charge in [-0.25, -0.2) is 4.98 Å². The number of hydrogen-bond donors (Lipinski definition) is 2. The number of rotatable bonds is 2. The van der Waals surface area contributed by atoms with Crippen LogP contribution in [0.3, 0.4) is 0 Å². The highest BCUT2D eigenvalue weighted by atomic mass is 35.5. The zero-order valence-electron chi connectivity index (χ0n) is 10.1. The van der Waals surface area contributed by atoms with Gasteiger partial charge in [-0.3, -0.25) is 0 Å². The van der Waals surface area contributed by atoms with Crippen molar-refractivity contribution >= 4 is 28.2 Å². The Morgan fingerprint density at radius 1 is 1.22 bits per heavy atom. The van der Waals surface area contributed by atoms with E-state index in [1.807, 2.05) is 24.3 Å². The summed E-state index contributed by atoms with van der Waals surface area (Å²) in [4.78, 5) is 4.34. The molecule has 0 aliphatic carbocycles. The van der Waals surface area contributed by atoms with Crippen LogP contribution in [0.1, 0.15) is 12.8 Å². The molecule has 3 rings (SSSR count). The van der Waals surface area contributed by atoms with Crippen LogP contribution in [0.4, 0.5) is 5.69 Å². The molecule has 1 aliphatic heterocycles. The molecule has 4 heteroatoms. The lowest BCUT2D eigenvalue weighted by Gasteiger charge is -2.25. The monoisotopic (exact) mass is 261 g/mol. The average Bonchev–Trinajstić information content (AvgIpc) is 2.40. The second-order valence-corrected chi connectivity index (χ2v) is 5.07. The summed E-state index contributed by atoms with van der Waals surface area (Å²) in [5.41, 5.74) is 2.04. The zero-order chi connectivity index (χ0) is 12.4. The minimum atomic E-state index is 0.521. The lowest BCUT2D eigenvalue weighted by atomic mass is 10.1. The van der Waals surface area contributed by atoms with E-state index in [4.69, 9.17) is 11.6 Å². The Balaban J connectivity index is 1.94. The molecule has 2 aromatic rings. The van der Waals surface area contributed by atoms with E-state index in [2.05, 4.69) is 21.7 Å². The molecule has 0 bridgehead atoms. The van der Waals surface area contributed by atoms with Crippen LogP contribution in [0.15, 0.2) is 30.3 Å². The summed E-state index contributed by atoms with van der Waals surface area (Å²) in [5.74, 6) is 0. The van der Waals surface area contributed by atoms with Gasteiger partial charge in [-0.2, -0.15) is 0 Å². The number of para-hydroxylation sites is 1. The van der Waals surface area contributed by atoms with Crippen molar-refractivity contribution in [2.45, 2.75) is 18.9 Å². The molecule has 2 heterocycles. The van der Waals surface area contributed by atoms with Gasteiger partial charge in [0, 0.05) is 17.1 Å². The van der Waals surface area contributed by atoms with Gasteiger partial charge in [0.25, 0.3) is 0 Å². The van der Waals surface area contributed by atoms with Gasteiger partial charge in [-0.05, 0) is 38.1 Å². The van der Waals surface area contributed by atoms with Crippen molar-refractivity contribution in [1.82, 2.24) is 10.3 Å². The van der Waals surface area contributed by atoms with Gasteiger partial charge in [0.15, 0.2) is 0 Å². The van der Waals surface area contributed by atoms with Gasteiger partial charge in [0.1, 0.15) is 5.15 Å². The Kier molecular flexibility index (Phi) is 3.35. The Bertz CT molecular complexity index is 550. The molecule has 1 aliphatic rings. The van der Waals surface area contributed by atoms with Gasteiger partial charge in [0.05, 0.1) is 5.52 Å². The minimum absolute atomic E-state index is 0.521. The molecule has 1 fully saturated rings. The van der Waals surface area contributed by atoms with Crippen LogP contribution in [-0.2, 0) is 0 Å². The number of anilines is 1. The number of hydrogen-bond acceptors (Lipinski definition) is 3. The van der Waals surface area contributed by atoms with Crippen LogP contribution in [0, 0.1) is 0 Å². The maximum absolute atomic E-state index is 6.08. The van der Waals surface area contributed by atoms with Gasteiger partial charge >= 0.3 is 0 Å². The predicted octanol–water partition coefficient (Wildman–Crippen LogP) is 3.05. The van der Waals surface area contributed by atoms with Crippen LogP contribution in [0.25, 0.3) is 10.9 Å². The fraction of sp³-hybridized carbons (Fsp3) is 0.357. The SMILES string of the molecule is Clc1cc(NC2CCNCC2)c2ccccc2n1. The van der Waals surface area contributed by atoms with Crippen molar-refractivity contribution in [2.75, 3.05) is 18.4 Å². The van der Waals surface area contributed by atoms with Crippen molar-refractivity contribution in [3.05, 3.63) is 35.5 Å². The summed E-state index contributed by atoms with van der Waals surface area (Å²) in [6, 6.07) is 10.5. The van der Waals surface area contributed by atoms with Gasteiger partial charge in [-0.15, -0.1) is 0 Å². The zero-order valence-corrected chi connectivity index (χ0v) is 10.9. The molecule has 0 unspecified atom stereocenters. The highest BCUT2D eigenvalue weighted by Gasteiger charge is 2.14. The first-order chi connectivity index (χ1) is 8.83. The maximum atomic E-state index is 6.08. The van der Waals surface area contributed by atoms with Crippen LogP contribution in [-0.4, -0.2) is 24.1 Å². The van der Waals surface area contributed by atoms with Crippen LogP contribution in [0.5, 0.6) is 0 Å². The fourth-order valence-corrected chi connectivity index (χ4v) is 2.65. The smallest absolute Gasteiger partial charge is 0.131 e. The summed E-state index contributed by atoms with van der Waals surface area (Å²) in [6.07, 6.45) is 2.29. The van der Waals surface area contributed by atoms with Crippen LogP contribution >= 0.6 is 11.6 Å². The number of nitrogens with zero attached hydrogens (tertiary/aromatic N) is 1. The summed E-state index contributed by atoms with van der Waals surface area (Å²) >= 11 is 6.08. The van der Waals surface area contributed by atoms with E-state index in [1.165, 1.54) is 0 Å². The number of fused-ring (bicyclic) bond motifs is 1. The first-order valence-corrected chi connectivity index (χ1v) is 6.73. The minimum Gasteiger partial charge on any atom is -0.382 e. The van der Waals surface area contributed by atoms with Crippen LogP contribution in [0.2, 0.25) is 5.15 Å². The Hall–Kier alpha value is -1.32. The normalized spacial score (nSPS) is 16.9. The number of aromatic nitrogens is 1. The topological polar surface area (TPSA) is 37.0 Å². The molecule has 0 atom stereocenters. The molecule has 1 aromatic carbocycles. The van der Waals surface area contributed by atoms with E-state index in [-0.39, 0.29) is 0 Å². The summed E-state index contributed by atoms with van der Waals surface area (Å²) < 4.78 is 0. The highest BCUT2D eigenvalue weighted by Crippen LogP contribution is 2.26. The first-order valence-electron chi connectivity index (χ1n) is 6.35. The summed E-state index contributed by atoms with van der Waals surface area (Å²) in [6.45, 7) is 2.16. The third kappa shape index (κ3) is 2.42. The molecule has 0 amide bonds. The summed E-state index contributed by atoms with van der Waals surface area (Å²) in [5, 5.41) is 8.66. The number of halogens is 1.